The molecule has 1 aliphatic rings. The summed E-state index contributed by atoms with van der Waals surface area (Å²) in [5, 5.41) is 18.0. The number of imidazole rings is 1. The van der Waals surface area contributed by atoms with Crippen molar-refractivity contribution in [3.8, 4) is 0 Å². The van der Waals surface area contributed by atoms with Gasteiger partial charge in [-0.05, 0) is 97.6 Å². The highest BCUT2D eigenvalue weighted by Crippen LogP contribution is 1.99. The summed E-state index contributed by atoms with van der Waals surface area (Å²) in [5.41, 5.74) is 1.13. The first-order valence-electron chi connectivity index (χ1n) is 38.7. The maximum absolute atomic E-state index is 4.13. The quantitative estimate of drug-likeness (QED) is 0.172. The lowest BCUT2D eigenvalue weighted by atomic mass is 10.1. The second kappa shape index (κ2) is 149. The molecule has 1 aliphatic heterocycles. The Morgan fingerprint density at radius 1 is 0.282 bits per heavy atom. The molecular formula is C87H174N16. The summed E-state index contributed by atoms with van der Waals surface area (Å²) in [5.74, 6) is 6.38. The second-order valence-electron chi connectivity index (χ2n) is 22.8. The largest absolute Gasteiger partial charge is 0.351 e. The second-order valence-corrected chi connectivity index (χ2v) is 22.8. The van der Waals surface area contributed by atoms with E-state index in [2.05, 4.69) is 248 Å². The Hall–Kier alpha value is -7.62. The van der Waals surface area contributed by atoms with Gasteiger partial charge >= 0.3 is 0 Å². The summed E-state index contributed by atoms with van der Waals surface area (Å²) in [4.78, 5) is 36.7. The van der Waals surface area contributed by atoms with Gasteiger partial charge in [0.25, 0.3) is 0 Å². The number of rotatable bonds is 2. The lowest BCUT2D eigenvalue weighted by Crippen LogP contribution is -2.05. The van der Waals surface area contributed by atoms with E-state index in [-0.39, 0.29) is 0 Å². The predicted octanol–water partition coefficient (Wildman–Crippen LogP) is 27.9. The van der Waals surface area contributed by atoms with E-state index in [9.17, 15) is 0 Å². The Morgan fingerprint density at radius 3 is 0.680 bits per heavy atom. The molecular weight excluding hydrogens is 1270 g/mol. The average Bonchev–Trinajstić information content (AvgIpc) is 1.86. The molecule has 0 bridgehead atoms. The standard InChI is InChI=1S/2C6H10N2.C6H6.C5H5N.3C4H4N2.7C4H10.C3H3N3.C3H4N2.9C2H6/c1-5(2)6-3-7-4-8-6;1-6(2)8-5-3-4-7-8;2*1-2-4-6-5-3-1;1-2-6-4-3-5-1;1-2-5-4-6-3-1;1-2-4-6-5-3-1;7*1-4(2)3;1-2-5-6-3-4-1;1-2-5-3-4-1;9*1-2/h3,5H,4H2,1-2H3;3-6H,1-2H3;1-6H;1-5H;3*1-4H;7*4H,1-3H3;1-3H;1-3H,(H,4,5);9*1-2H3. The maximum atomic E-state index is 4.13. The number of nitrogens with one attached hydrogen (secondary N) is 1. The normalized spacial score (nSPS) is 8.33. The number of nitrogens with zero attached hydrogens (tertiary/aromatic N) is 15. The number of aliphatic imine (C=N–C) groups is 2. The summed E-state index contributed by atoms with van der Waals surface area (Å²) < 4.78 is 1.92. The van der Waals surface area contributed by atoms with Crippen LogP contribution in [0.1, 0.15) is 304 Å². The van der Waals surface area contributed by atoms with Crippen molar-refractivity contribution >= 4 is 11.9 Å². The van der Waals surface area contributed by atoms with Crippen molar-refractivity contribution in [3.63, 3.8) is 0 Å². The fourth-order valence-electron chi connectivity index (χ4n) is 3.09. The summed E-state index contributed by atoms with van der Waals surface area (Å²) in [7, 11) is 0. The zero-order valence-corrected chi connectivity index (χ0v) is 75.7. The molecule has 0 spiro atoms. The highest BCUT2D eigenvalue weighted by molar-refractivity contribution is 6.32. The SMILES string of the molecule is CC.CC.CC.CC.CC.CC.CC.CC.CC.CC(C)C.CC(C)C.CC(C)C.CC(C)C.CC(C)C.CC(C)C.CC(C)C.CC(C)C1=NCN=C1.CC(C)n1cccn1.c1c[nH]cn1.c1ccccc1.c1ccncc1.c1ccnnc1.c1cnccn1.c1cncnc1.c1cnncn1. The van der Waals surface area contributed by atoms with Crippen molar-refractivity contribution in [2.24, 2.45) is 57.3 Å². The number of benzene rings is 1. The summed E-state index contributed by atoms with van der Waals surface area (Å²) in [6.45, 7) is 90.6. The van der Waals surface area contributed by atoms with E-state index in [0.29, 0.717) is 18.6 Å². The molecule has 0 saturated heterocycles. The monoisotopic (exact) mass is 1440 g/mol. The van der Waals surface area contributed by atoms with Crippen molar-refractivity contribution in [2.75, 3.05) is 6.67 Å². The van der Waals surface area contributed by atoms with Crippen LogP contribution in [-0.4, -0.2) is 88.6 Å². The molecule has 1 aromatic carbocycles. The third-order valence-corrected chi connectivity index (χ3v) is 5.69. The lowest BCUT2D eigenvalue weighted by molar-refractivity contribution is 0.532. The molecule has 602 valence electrons. The molecule has 16 nitrogen and oxygen atoms in total. The molecule has 0 radical (unpaired) electrons. The highest BCUT2D eigenvalue weighted by atomic mass is 15.3. The number of hydrogen-bond acceptors (Lipinski definition) is 14. The number of aromatic amines is 1. The zero-order valence-electron chi connectivity index (χ0n) is 75.7. The molecule has 0 amide bonds. The van der Waals surface area contributed by atoms with E-state index in [0.717, 1.165) is 47.1 Å². The predicted molar refractivity (Wildman–Crippen MR) is 469 cm³/mol. The van der Waals surface area contributed by atoms with Crippen LogP contribution < -0.4 is 0 Å². The average molecular weight is 1440 g/mol. The Bertz CT molecular complexity index is 1750. The first-order chi connectivity index (χ1) is 49.2. The van der Waals surface area contributed by atoms with E-state index in [4.69, 9.17) is 0 Å². The van der Waals surface area contributed by atoms with E-state index >= 15 is 0 Å². The van der Waals surface area contributed by atoms with Gasteiger partial charge in [-0.2, -0.15) is 20.4 Å². The van der Waals surface area contributed by atoms with Crippen LogP contribution in [0.4, 0.5) is 0 Å². The molecule has 0 unspecified atom stereocenters. The fourth-order valence-corrected chi connectivity index (χ4v) is 3.09. The van der Waals surface area contributed by atoms with Gasteiger partial charge in [0.05, 0.1) is 18.2 Å². The Labute approximate surface area is 643 Å². The smallest absolute Gasteiger partial charge is 0.138 e. The van der Waals surface area contributed by atoms with Crippen LogP contribution in [-0.2, 0) is 0 Å². The number of pyridine rings is 1. The van der Waals surface area contributed by atoms with Gasteiger partial charge in [-0.25, -0.2) is 19.9 Å². The minimum Gasteiger partial charge on any atom is -0.351 e. The van der Waals surface area contributed by atoms with Crippen molar-refractivity contribution in [3.05, 3.63) is 197 Å². The lowest BCUT2D eigenvalue weighted by Gasteiger charge is -2.01. The van der Waals surface area contributed by atoms with Crippen LogP contribution in [0.25, 0.3) is 0 Å². The fraction of sp³-hybridized carbons (Fsp3) is 0.609. The number of hydrogen-bond donors (Lipinski definition) is 1. The van der Waals surface area contributed by atoms with E-state index in [1.807, 2.05) is 215 Å². The molecule has 103 heavy (non-hydrogen) atoms. The first kappa shape index (κ1) is 135. The maximum Gasteiger partial charge on any atom is 0.138 e. The van der Waals surface area contributed by atoms with Crippen LogP contribution in [0.5, 0.6) is 0 Å². The van der Waals surface area contributed by atoms with Gasteiger partial charge in [0, 0.05) is 105 Å². The molecule has 0 aliphatic carbocycles. The van der Waals surface area contributed by atoms with Crippen molar-refractivity contribution < 1.29 is 0 Å². The molecule has 7 aromatic heterocycles. The van der Waals surface area contributed by atoms with Gasteiger partial charge in [-0.15, -0.1) is 5.10 Å². The number of aromatic nitrogens is 14. The van der Waals surface area contributed by atoms with Crippen LogP contribution in [0.3, 0.4) is 0 Å². The summed E-state index contributed by atoms with van der Waals surface area (Å²) >= 11 is 0. The van der Waals surface area contributed by atoms with Crippen LogP contribution in [0.15, 0.2) is 207 Å². The highest BCUT2D eigenvalue weighted by Gasteiger charge is 2.03. The molecule has 0 fully saturated rings. The van der Waals surface area contributed by atoms with E-state index in [1.165, 1.54) is 18.9 Å². The summed E-state index contributed by atoms with van der Waals surface area (Å²) in [6, 6.07) is 25.6. The van der Waals surface area contributed by atoms with E-state index < -0.39 is 0 Å². The third kappa shape index (κ3) is 263. The Kier molecular flexibility index (Phi) is 195. The van der Waals surface area contributed by atoms with Gasteiger partial charge in [-0.3, -0.25) is 29.6 Å². The number of H-pyrrole nitrogens is 1. The first-order valence-corrected chi connectivity index (χ1v) is 38.7. The van der Waals surface area contributed by atoms with Crippen LogP contribution in [0, 0.1) is 47.3 Å². The molecule has 0 atom stereocenters. The van der Waals surface area contributed by atoms with Gasteiger partial charge in [-0.1, -0.05) is 326 Å². The van der Waals surface area contributed by atoms with E-state index in [1.54, 1.807) is 99.1 Å². The third-order valence-electron chi connectivity index (χ3n) is 5.69. The molecule has 1 N–H and O–H groups in total. The molecule has 8 heterocycles. The van der Waals surface area contributed by atoms with Gasteiger partial charge < -0.3 is 4.98 Å². The zero-order chi connectivity index (χ0) is 84.0. The molecule has 8 aromatic rings. The minimum atomic E-state index is 0.491. The van der Waals surface area contributed by atoms with Gasteiger partial charge in [0.15, 0.2) is 0 Å². The Balaban J connectivity index is -0.0000000554. The molecule has 9 rings (SSSR count). The minimum absolute atomic E-state index is 0.491. The van der Waals surface area contributed by atoms with Crippen molar-refractivity contribution in [1.29, 1.82) is 0 Å². The molecule has 0 saturated carbocycles. The van der Waals surface area contributed by atoms with Crippen molar-refractivity contribution in [2.45, 2.75) is 304 Å². The van der Waals surface area contributed by atoms with Crippen LogP contribution >= 0.6 is 0 Å². The van der Waals surface area contributed by atoms with Crippen LogP contribution in [0.2, 0.25) is 0 Å². The van der Waals surface area contributed by atoms with Gasteiger partial charge in [0.2, 0.25) is 0 Å². The van der Waals surface area contributed by atoms with Gasteiger partial charge in [0.1, 0.15) is 19.3 Å². The van der Waals surface area contributed by atoms with Crippen molar-refractivity contribution in [1.82, 2.24) is 70.0 Å². The Morgan fingerprint density at radius 2 is 0.573 bits per heavy atom. The summed E-state index contributed by atoms with van der Waals surface area (Å²) in [6.07, 6.45) is 33.4. The molecule has 16 heteroatoms. The topological polar surface area (TPSA) is 200 Å².